The number of rotatable bonds is 4. The molecular weight excluding hydrogens is 272 g/mol. The van der Waals surface area contributed by atoms with E-state index in [0.717, 1.165) is 0 Å². The summed E-state index contributed by atoms with van der Waals surface area (Å²) in [6.45, 7) is 0.0782. The van der Waals surface area contributed by atoms with Crippen LogP contribution in [0.2, 0.25) is 0 Å². The van der Waals surface area contributed by atoms with Crippen LogP contribution in [0, 0.1) is 23.3 Å². The van der Waals surface area contributed by atoms with Gasteiger partial charge in [0, 0.05) is 6.54 Å². The second-order valence-corrected chi connectivity index (χ2v) is 3.82. The van der Waals surface area contributed by atoms with Crippen molar-refractivity contribution in [3.63, 3.8) is 0 Å². The second-order valence-electron chi connectivity index (χ2n) is 3.38. The fraction of sp³-hybridized carbons (Fsp3) is 0.300. The number of anilines is 1. The molecule has 1 aromatic rings. The first-order valence-electron chi connectivity index (χ1n) is 4.92. The molecule has 3 nitrogen and oxygen atoms in total. The third-order valence-electron chi connectivity index (χ3n) is 2.14. The molecule has 1 rings (SSSR count). The molecule has 0 aromatic heterocycles. The Labute approximate surface area is 106 Å². The Bertz CT molecular complexity index is 452. The van der Waals surface area contributed by atoms with Crippen molar-refractivity contribution in [2.45, 2.75) is 6.42 Å². The summed E-state index contributed by atoms with van der Waals surface area (Å²) in [5.41, 5.74) is 2.19. The van der Waals surface area contributed by atoms with Crippen LogP contribution < -0.4 is 11.1 Å². The zero-order valence-electron chi connectivity index (χ0n) is 9.07. The third kappa shape index (κ3) is 2.69. The highest BCUT2D eigenvalue weighted by atomic mass is 32.1. The van der Waals surface area contributed by atoms with Crippen LogP contribution in [0.4, 0.5) is 23.2 Å². The molecule has 1 aromatic carbocycles. The van der Waals surface area contributed by atoms with Crippen LogP contribution in [0.3, 0.4) is 0 Å². The number of nitrogen functional groups attached to an aromatic ring is 1. The van der Waals surface area contributed by atoms with E-state index in [1.54, 1.807) is 0 Å². The zero-order chi connectivity index (χ0) is 13.9. The SMILES string of the molecule is Nc1c(F)c(F)c(C(=O)NCCCS)c(F)c1F. The Balaban J connectivity index is 3.13. The lowest BCUT2D eigenvalue weighted by atomic mass is 10.1. The summed E-state index contributed by atoms with van der Waals surface area (Å²) in [5, 5.41) is 2.11. The van der Waals surface area contributed by atoms with Crippen molar-refractivity contribution in [3.8, 4) is 0 Å². The monoisotopic (exact) mass is 282 g/mol. The molecule has 18 heavy (non-hydrogen) atoms. The summed E-state index contributed by atoms with van der Waals surface area (Å²) in [5.74, 6) is -7.99. The smallest absolute Gasteiger partial charge is 0.257 e. The first kappa shape index (κ1) is 14.6. The predicted molar refractivity (Wildman–Crippen MR) is 61.5 cm³/mol. The molecule has 0 saturated heterocycles. The quantitative estimate of drug-likeness (QED) is 0.260. The largest absolute Gasteiger partial charge is 0.394 e. The Morgan fingerprint density at radius 3 is 2.06 bits per heavy atom. The number of carbonyl (C=O) groups excluding carboxylic acids is 1. The van der Waals surface area contributed by atoms with Gasteiger partial charge in [0.25, 0.3) is 5.91 Å². The Morgan fingerprint density at radius 2 is 1.61 bits per heavy atom. The van der Waals surface area contributed by atoms with Crippen molar-refractivity contribution >= 4 is 24.2 Å². The van der Waals surface area contributed by atoms with Gasteiger partial charge in [0.1, 0.15) is 11.3 Å². The van der Waals surface area contributed by atoms with E-state index in [1.807, 2.05) is 0 Å². The number of hydrogen-bond acceptors (Lipinski definition) is 3. The molecule has 8 heteroatoms. The molecule has 0 atom stereocenters. The molecule has 0 radical (unpaired) electrons. The fourth-order valence-electron chi connectivity index (χ4n) is 1.22. The van der Waals surface area contributed by atoms with Gasteiger partial charge in [-0.25, -0.2) is 17.6 Å². The average Bonchev–Trinajstić information content (AvgIpc) is 2.34. The molecule has 0 fully saturated rings. The number of hydrogen-bond donors (Lipinski definition) is 3. The Kier molecular flexibility index (Phi) is 4.83. The summed E-state index contributed by atoms with van der Waals surface area (Å²) in [6.07, 6.45) is 0.442. The summed E-state index contributed by atoms with van der Waals surface area (Å²) in [4.78, 5) is 11.4. The van der Waals surface area contributed by atoms with Crippen molar-refractivity contribution in [3.05, 3.63) is 28.8 Å². The van der Waals surface area contributed by atoms with Crippen LogP contribution in [0.1, 0.15) is 16.8 Å². The van der Waals surface area contributed by atoms with Crippen molar-refractivity contribution in [1.82, 2.24) is 5.32 Å². The van der Waals surface area contributed by atoms with E-state index in [1.165, 1.54) is 0 Å². The summed E-state index contributed by atoms with van der Waals surface area (Å²) in [6, 6.07) is 0. The average molecular weight is 282 g/mol. The number of benzene rings is 1. The molecule has 0 aliphatic carbocycles. The third-order valence-corrected chi connectivity index (χ3v) is 2.46. The van der Waals surface area contributed by atoms with Crippen molar-refractivity contribution in [2.24, 2.45) is 0 Å². The summed E-state index contributed by atoms with van der Waals surface area (Å²) < 4.78 is 52.8. The van der Waals surface area contributed by atoms with Crippen molar-refractivity contribution in [1.29, 1.82) is 0 Å². The van der Waals surface area contributed by atoms with Crippen LogP contribution in [0.15, 0.2) is 0 Å². The molecule has 0 aliphatic rings. The van der Waals surface area contributed by atoms with Crippen LogP contribution >= 0.6 is 12.6 Å². The molecule has 0 bridgehead atoms. The zero-order valence-corrected chi connectivity index (χ0v) is 9.96. The highest BCUT2D eigenvalue weighted by Crippen LogP contribution is 2.25. The minimum atomic E-state index is -1.81. The number of carbonyl (C=O) groups is 1. The van der Waals surface area contributed by atoms with E-state index in [2.05, 4.69) is 17.9 Å². The first-order chi connectivity index (χ1) is 8.41. The summed E-state index contributed by atoms with van der Waals surface area (Å²) >= 11 is 3.86. The highest BCUT2D eigenvalue weighted by Gasteiger charge is 2.27. The highest BCUT2D eigenvalue weighted by molar-refractivity contribution is 7.80. The minimum Gasteiger partial charge on any atom is -0.394 e. The second kappa shape index (κ2) is 5.94. The van der Waals surface area contributed by atoms with Gasteiger partial charge in [-0.15, -0.1) is 0 Å². The van der Waals surface area contributed by atoms with E-state index in [9.17, 15) is 22.4 Å². The number of thiol groups is 1. The van der Waals surface area contributed by atoms with E-state index >= 15 is 0 Å². The van der Waals surface area contributed by atoms with Gasteiger partial charge < -0.3 is 11.1 Å². The maximum atomic E-state index is 13.3. The van der Waals surface area contributed by atoms with Gasteiger partial charge in [-0.1, -0.05) is 0 Å². The lowest BCUT2D eigenvalue weighted by Crippen LogP contribution is -2.28. The first-order valence-corrected chi connectivity index (χ1v) is 5.55. The van der Waals surface area contributed by atoms with Crippen molar-refractivity contribution < 1.29 is 22.4 Å². The standard InChI is InChI=1S/C10H10F4N2OS/c11-5-4(10(17)16-2-1-3-18)6(12)8(14)9(15)7(5)13/h18H,1-3,15H2,(H,16,17). The molecular formula is C10H10F4N2OS. The predicted octanol–water partition coefficient (Wildman–Crippen LogP) is 1.87. The molecule has 0 spiro atoms. The number of amides is 1. The Morgan fingerprint density at radius 1 is 1.11 bits per heavy atom. The molecule has 100 valence electrons. The van der Waals surface area contributed by atoms with Gasteiger partial charge in [0.05, 0.1) is 0 Å². The summed E-state index contributed by atoms with van der Waals surface area (Å²) in [7, 11) is 0. The molecule has 3 N–H and O–H groups in total. The lowest BCUT2D eigenvalue weighted by Gasteiger charge is -2.09. The maximum Gasteiger partial charge on any atom is 0.257 e. The normalized spacial score (nSPS) is 10.5. The fourth-order valence-corrected chi connectivity index (χ4v) is 1.38. The van der Waals surface area contributed by atoms with E-state index in [4.69, 9.17) is 5.73 Å². The lowest BCUT2D eigenvalue weighted by molar-refractivity contribution is 0.0943. The van der Waals surface area contributed by atoms with E-state index in [-0.39, 0.29) is 6.54 Å². The molecule has 0 unspecified atom stereocenters. The Hall–Kier alpha value is -1.44. The number of nitrogens with one attached hydrogen (secondary N) is 1. The van der Waals surface area contributed by atoms with E-state index in [0.29, 0.717) is 12.2 Å². The number of nitrogens with two attached hydrogens (primary N) is 1. The molecule has 1 amide bonds. The van der Waals surface area contributed by atoms with Gasteiger partial charge in [0.15, 0.2) is 23.3 Å². The maximum absolute atomic E-state index is 13.3. The van der Waals surface area contributed by atoms with E-state index < -0.39 is 40.4 Å². The molecule has 0 saturated carbocycles. The van der Waals surface area contributed by atoms with Gasteiger partial charge in [-0.2, -0.15) is 12.6 Å². The van der Waals surface area contributed by atoms with Gasteiger partial charge >= 0.3 is 0 Å². The minimum absolute atomic E-state index is 0.0782. The molecule has 0 aliphatic heterocycles. The van der Waals surface area contributed by atoms with Gasteiger partial charge in [0.2, 0.25) is 0 Å². The van der Waals surface area contributed by atoms with Crippen LogP contribution in [-0.2, 0) is 0 Å². The number of halogens is 4. The van der Waals surface area contributed by atoms with Gasteiger partial charge in [-0.3, -0.25) is 4.79 Å². The van der Waals surface area contributed by atoms with Crippen LogP contribution in [0.25, 0.3) is 0 Å². The van der Waals surface area contributed by atoms with Crippen LogP contribution in [0.5, 0.6) is 0 Å². The molecule has 0 heterocycles. The van der Waals surface area contributed by atoms with Crippen molar-refractivity contribution in [2.75, 3.05) is 18.0 Å². The topological polar surface area (TPSA) is 55.1 Å². The van der Waals surface area contributed by atoms with Crippen LogP contribution in [-0.4, -0.2) is 18.2 Å². The van der Waals surface area contributed by atoms with Gasteiger partial charge in [-0.05, 0) is 12.2 Å².